The zero-order valence-corrected chi connectivity index (χ0v) is 10.1. The summed E-state index contributed by atoms with van der Waals surface area (Å²) in [5.41, 5.74) is 0.792. The van der Waals surface area contributed by atoms with E-state index in [1.54, 1.807) is 12.1 Å². The Morgan fingerprint density at radius 1 is 1.44 bits per heavy atom. The van der Waals surface area contributed by atoms with Crippen LogP contribution in [0.15, 0.2) is 24.3 Å². The Morgan fingerprint density at radius 3 is 2.72 bits per heavy atom. The topological polar surface area (TPSA) is 46.6 Å². The molecule has 0 saturated carbocycles. The van der Waals surface area contributed by atoms with Gasteiger partial charge in [-0.3, -0.25) is 4.79 Å². The highest BCUT2D eigenvalue weighted by molar-refractivity contribution is 5.88. The molecule has 1 saturated heterocycles. The van der Waals surface area contributed by atoms with E-state index in [-0.39, 0.29) is 11.7 Å². The van der Waals surface area contributed by atoms with E-state index in [0.29, 0.717) is 19.4 Å². The molecule has 0 unspecified atom stereocenters. The second-order valence-corrected chi connectivity index (χ2v) is 4.23. The van der Waals surface area contributed by atoms with Crippen LogP contribution in [0.2, 0.25) is 0 Å². The summed E-state index contributed by atoms with van der Waals surface area (Å²) in [7, 11) is 1.31. The average molecular weight is 251 g/mol. The van der Waals surface area contributed by atoms with Crippen molar-refractivity contribution in [3.05, 3.63) is 35.6 Å². The molecule has 0 bridgehead atoms. The first-order valence-electron chi connectivity index (χ1n) is 5.73. The third kappa shape index (κ3) is 2.50. The summed E-state index contributed by atoms with van der Waals surface area (Å²) in [4.78, 5) is 24.7. The lowest BCUT2D eigenvalue weighted by atomic mass is 10.2. The van der Waals surface area contributed by atoms with Gasteiger partial charge in [0, 0.05) is 13.0 Å². The number of methoxy groups -OCH3 is 1. The first-order chi connectivity index (χ1) is 8.61. The molecule has 1 amide bonds. The zero-order valence-electron chi connectivity index (χ0n) is 10.1. The van der Waals surface area contributed by atoms with Gasteiger partial charge in [0.1, 0.15) is 11.9 Å². The van der Waals surface area contributed by atoms with Crippen molar-refractivity contribution in [1.29, 1.82) is 0 Å². The number of nitrogens with zero attached hydrogens (tertiary/aromatic N) is 1. The zero-order chi connectivity index (χ0) is 13.1. The standard InChI is InChI=1S/C13H14FNO3/c1-18-13(17)11-6-7-12(16)15(11)8-9-2-4-10(14)5-3-9/h2-5,11H,6-8H2,1H3/t11-/m0/s1. The predicted molar refractivity (Wildman–Crippen MR) is 62.0 cm³/mol. The lowest BCUT2D eigenvalue weighted by Crippen LogP contribution is -2.38. The molecule has 96 valence electrons. The first-order valence-corrected chi connectivity index (χ1v) is 5.73. The second-order valence-electron chi connectivity index (χ2n) is 4.23. The van der Waals surface area contributed by atoms with E-state index in [9.17, 15) is 14.0 Å². The van der Waals surface area contributed by atoms with E-state index in [2.05, 4.69) is 4.74 Å². The Bertz CT molecular complexity index is 458. The quantitative estimate of drug-likeness (QED) is 0.765. The maximum atomic E-state index is 12.8. The summed E-state index contributed by atoms with van der Waals surface area (Å²) < 4.78 is 17.5. The first kappa shape index (κ1) is 12.5. The number of amides is 1. The number of carbonyl (C=O) groups is 2. The van der Waals surface area contributed by atoms with E-state index in [4.69, 9.17) is 0 Å². The lowest BCUT2D eigenvalue weighted by molar-refractivity contribution is -0.149. The van der Waals surface area contributed by atoms with Gasteiger partial charge in [0.05, 0.1) is 7.11 Å². The Morgan fingerprint density at radius 2 is 2.11 bits per heavy atom. The van der Waals surface area contributed by atoms with Crippen LogP contribution < -0.4 is 0 Å². The van der Waals surface area contributed by atoms with Crippen molar-refractivity contribution in [1.82, 2.24) is 4.90 Å². The normalized spacial score (nSPS) is 19.1. The smallest absolute Gasteiger partial charge is 0.328 e. The number of likely N-dealkylation sites (tertiary alicyclic amines) is 1. The van der Waals surface area contributed by atoms with Crippen molar-refractivity contribution in [3.8, 4) is 0 Å². The molecular weight excluding hydrogens is 237 g/mol. The summed E-state index contributed by atoms with van der Waals surface area (Å²) in [6, 6.07) is 5.36. The molecule has 1 aromatic rings. The van der Waals surface area contributed by atoms with Crippen molar-refractivity contribution in [2.24, 2.45) is 0 Å². The number of rotatable bonds is 3. The SMILES string of the molecule is COC(=O)[C@@H]1CCC(=O)N1Cc1ccc(F)cc1. The molecule has 1 aromatic carbocycles. The van der Waals surface area contributed by atoms with E-state index >= 15 is 0 Å². The fourth-order valence-electron chi connectivity index (χ4n) is 2.10. The number of hydrogen-bond acceptors (Lipinski definition) is 3. The third-order valence-electron chi connectivity index (χ3n) is 3.07. The summed E-state index contributed by atoms with van der Waals surface area (Å²) >= 11 is 0. The molecule has 0 aliphatic carbocycles. The average Bonchev–Trinajstić information content (AvgIpc) is 2.73. The molecule has 0 radical (unpaired) electrons. The number of halogens is 1. The number of benzene rings is 1. The van der Waals surface area contributed by atoms with Gasteiger partial charge in [-0.2, -0.15) is 0 Å². The van der Waals surface area contributed by atoms with Gasteiger partial charge in [-0.05, 0) is 24.1 Å². The molecule has 0 spiro atoms. The number of carbonyl (C=O) groups excluding carboxylic acids is 2. The molecular formula is C13H14FNO3. The Labute approximate surface area is 104 Å². The summed E-state index contributed by atoms with van der Waals surface area (Å²) in [6.45, 7) is 0.304. The Balaban J connectivity index is 2.12. The molecule has 1 atom stereocenters. The highest BCUT2D eigenvalue weighted by atomic mass is 19.1. The second kappa shape index (κ2) is 5.16. The molecule has 4 nitrogen and oxygen atoms in total. The number of ether oxygens (including phenoxy) is 1. The van der Waals surface area contributed by atoms with Gasteiger partial charge in [-0.25, -0.2) is 9.18 Å². The van der Waals surface area contributed by atoms with E-state index in [1.807, 2.05) is 0 Å². The molecule has 1 aliphatic rings. The van der Waals surface area contributed by atoms with Crippen LogP contribution in [0.4, 0.5) is 4.39 Å². The van der Waals surface area contributed by atoms with Gasteiger partial charge in [-0.15, -0.1) is 0 Å². The van der Waals surface area contributed by atoms with Crippen molar-refractivity contribution in [3.63, 3.8) is 0 Å². The van der Waals surface area contributed by atoms with Gasteiger partial charge in [0.15, 0.2) is 0 Å². The Kier molecular flexibility index (Phi) is 3.60. The van der Waals surface area contributed by atoms with Crippen LogP contribution >= 0.6 is 0 Å². The van der Waals surface area contributed by atoms with Crippen LogP contribution in [-0.4, -0.2) is 29.9 Å². The van der Waals surface area contributed by atoms with Gasteiger partial charge in [-0.1, -0.05) is 12.1 Å². The van der Waals surface area contributed by atoms with Crippen LogP contribution in [0, 0.1) is 5.82 Å². The molecule has 5 heteroatoms. The van der Waals surface area contributed by atoms with Gasteiger partial charge < -0.3 is 9.64 Å². The minimum atomic E-state index is -0.521. The fraction of sp³-hybridized carbons (Fsp3) is 0.385. The van der Waals surface area contributed by atoms with Crippen molar-refractivity contribution < 1.29 is 18.7 Å². The largest absolute Gasteiger partial charge is 0.467 e. The molecule has 1 fully saturated rings. The van der Waals surface area contributed by atoms with Crippen LogP contribution in [0.1, 0.15) is 18.4 Å². The van der Waals surface area contributed by atoms with Crippen LogP contribution in [0.5, 0.6) is 0 Å². The van der Waals surface area contributed by atoms with Crippen molar-refractivity contribution in [2.75, 3.05) is 7.11 Å². The van der Waals surface area contributed by atoms with Gasteiger partial charge in [0.2, 0.25) is 5.91 Å². The van der Waals surface area contributed by atoms with Gasteiger partial charge >= 0.3 is 5.97 Å². The predicted octanol–water partition coefficient (Wildman–Crippen LogP) is 1.49. The summed E-state index contributed by atoms with van der Waals surface area (Å²) in [5, 5.41) is 0. The monoisotopic (exact) mass is 251 g/mol. The number of hydrogen-bond donors (Lipinski definition) is 0. The maximum Gasteiger partial charge on any atom is 0.328 e. The molecule has 0 aromatic heterocycles. The molecule has 0 N–H and O–H groups in total. The summed E-state index contributed by atoms with van der Waals surface area (Å²) in [5.74, 6) is -0.797. The van der Waals surface area contributed by atoms with E-state index in [0.717, 1.165) is 5.56 Å². The van der Waals surface area contributed by atoms with Crippen molar-refractivity contribution in [2.45, 2.75) is 25.4 Å². The summed E-state index contributed by atoms with van der Waals surface area (Å²) in [6.07, 6.45) is 0.827. The van der Waals surface area contributed by atoms with Crippen molar-refractivity contribution >= 4 is 11.9 Å². The molecule has 1 aliphatic heterocycles. The molecule has 2 rings (SSSR count). The fourth-order valence-corrected chi connectivity index (χ4v) is 2.10. The Hall–Kier alpha value is -1.91. The minimum Gasteiger partial charge on any atom is -0.467 e. The van der Waals surface area contributed by atoms with E-state index in [1.165, 1.54) is 24.1 Å². The molecule has 1 heterocycles. The van der Waals surface area contributed by atoms with Crippen LogP contribution in [0.3, 0.4) is 0 Å². The highest BCUT2D eigenvalue weighted by Gasteiger charge is 2.36. The lowest BCUT2D eigenvalue weighted by Gasteiger charge is -2.22. The third-order valence-corrected chi connectivity index (χ3v) is 3.07. The van der Waals surface area contributed by atoms with Crippen LogP contribution in [-0.2, 0) is 20.9 Å². The molecule has 18 heavy (non-hydrogen) atoms. The van der Waals surface area contributed by atoms with Gasteiger partial charge in [0.25, 0.3) is 0 Å². The maximum absolute atomic E-state index is 12.8. The van der Waals surface area contributed by atoms with Crippen LogP contribution in [0.25, 0.3) is 0 Å². The number of esters is 1. The van der Waals surface area contributed by atoms with E-state index < -0.39 is 12.0 Å². The highest BCUT2D eigenvalue weighted by Crippen LogP contribution is 2.22. The minimum absolute atomic E-state index is 0.0743.